The first-order chi connectivity index (χ1) is 10.1. The van der Waals surface area contributed by atoms with Gasteiger partial charge >= 0.3 is 6.36 Å². The second-order valence-corrected chi connectivity index (χ2v) is 5.53. The lowest BCUT2D eigenvalue weighted by atomic mass is 9.96. The van der Waals surface area contributed by atoms with Gasteiger partial charge in [0.05, 0.1) is 6.61 Å². The third kappa shape index (κ3) is 5.81. The van der Waals surface area contributed by atoms with E-state index in [0.29, 0.717) is 24.8 Å². The number of ether oxygens (including phenoxy) is 1. The Morgan fingerprint density at radius 3 is 2.41 bits per heavy atom. The summed E-state index contributed by atoms with van der Waals surface area (Å²) in [5, 5.41) is 8.84. The molecular weight excluding hydrogens is 302 g/mol. The number of hydrogen-bond acceptors (Lipinski definition) is 3. The summed E-state index contributed by atoms with van der Waals surface area (Å²) < 4.78 is 54.9. The summed E-state index contributed by atoms with van der Waals surface area (Å²) in [5.74, 6) is -2.06. The molecule has 1 atom stereocenters. The van der Waals surface area contributed by atoms with E-state index in [2.05, 4.69) is 4.74 Å². The number of benzene rings is 1. The van der Waals surface area contributed by atoms with Gasteiger partial charge in [-0.3, -0.25) is 0 Å². The minimum absolute atomic E-state index is 0.150. The summed E-state index contributed by atoms with van der Waals surface area (Å²) in [6.45, 7) is 3.24. The van der Waals surface area contributed by atoms with Gasteiger partial charge in [0.1, 0.15) is 0 Å². The van der Waals surface area contributed by atoms with Crippen molar-refractivity contribution in [1.82, 2.24) is 0 Å². The van der Waals surface area contributed by atoms with Crippen molar-refractivity contribution in [1.29, 1.82) is 0 Å². The third-order valence-corrected chi connectivity index (χ3v) is 3.25. The van der Waals surface area contributed by atoms with Gasteiger partial charge in [-0.05, 0) is 42.4 Å². The van der Waals surface area contributed by atoms with Crippen molar-refractivity contribution in [2.24, 2.45) is 5.73 Å². The Morgan fingerprint density at radius 1 is 1.27 bits per heavy atom. The maximum Gasteiger partial charge on any atom is 0.573 e. The Morgan fingerprint density at radius 2 is 1.91 bits per heavy atom. The monoisotopic (exact) mass is 323 g/mol. The molecule has 0 radical (unpaired) electrons. The van der Waals surface area contributed by atoms with Gasteiger partial charge in [-0.25, -0.2) is 4.39 Å². The first kappa shape index (κ1) is 18.7. The minimum Gasteiger partial charge on any atom is -0.403 e. The topological polar surface area (TPSA) is 55.5 Å². The smallest absolute Gasteiger partial charge is 0.403 e. The predicted octanol–water partition coefficient (Wildman–Crippen LogP) is 3.49. The summed E-state index contributed by atoms with van der Waals surface area (Å²) in [6.07, 6.45) is -3.40. The Balaban J connectivity index is 2.97. The van der Waals surface area contributed by atoms with E-state index in [9.17, 15) is 17.6 Å². The van der Waals surface area contributed by atoms with Gasteiger partial charge in [-0.1, -0.05) is 19.9 Å². The fourth-order valence-corrected chi connectivity index (χ4v) is 2.10. The average Bonchev–Trinajstić information content (AvgIpc) is 2.39. The largest absolute Gasteiger partial charge is 0.573 e. The molecule has 126 valence electrons. The normalized spacial score (nSPS) is 13.5. The lowest BCUT2D eigenvalue weighted by Gasteiger charge is -2.16. The van der Waals surface area contributed by atoms with Crippen LogP contribution < -0.4 is 10.5 Å². The maximum absolute atomic E-state index is 14.1. The Hall–Kier alpha value is -1.34. The van der Waals surface area contributed by atoms with Gasteiger partial charge in [-0.2, -0.15) is 0 Å². The van der Waals surface area contributed by atoms with Crippen LogP contribution in [0.1, 0.15) is 43.7 Å². The van der Waals surface area contributed by atoms with Crippen molar-refractivity contribution in [2.45, 2.75) is 51.4 Å². The van der Waals surface area contributed by atoms with E-state index in [-0.39, 0.29) is 24.1 Å². The molecule has 7 heteroatoms. The van der Waals surface area contributed by atoms with E-state index in [0.717, 1.165) is 6.07 Å². The molecule has 0 heterocycles. The standard InChI is InChI=1S/C15H21F4NO2/c1-9(2)12-6-10(4-3-5-11(20)8-21)7-13(14(12)16)22-15(17,18)19/h6-7,9,11,21H,3-5,8,20H2,1-2H3. The molecule has 0 aromatic heterocycles. The van der Waals surface area contributed by atoms with E-state index < -0.39 is 17.9 Å². The molecule has 0 saturated carbocycles. The third-order valence-electron chi connectivity index (χ3n) is 3.25. The fourth-order valence-electron chi connectivity index (χ4n) is 2.10. The highest BCUT2D eigenvalue weighted by molar-refractivity contribution is 5.38. The Labute approximate surface area is 127 Å². The molecule has 0 aliphatic carbocycles. The highest BCUT2D eigenvalue weighted by Crippen LogP contribution is 2.32. The van der Waals surface area contributed by atoms with Crippen molar-refractivity contribution in [3.8, 4) is 5.75 Å². The zero-order valence-corrected chi connectivity index (χ0v) is 12.6. The summed E-state index contributed by atoms with van der Waals surface area (Å²) in [7, 11) is 0. The molecule has 1 unspecified atom stereocenters. The molecule has 0 aliphatic heterocycles. The van der Waals surface area contributed by atoms with E-state index in [1.807, 2.05) is 0 Å². The molecule has 0 fully saturated rings. The van der Waals surface area contributed by atoms with Crippen LogP contribution >= 0.6 is 0 Å². The molecule has 0 bridgehead atoms. The van der Waals surface area contributed by atoms with Crippen LogP contribution in [-0.4, -0.2) is 24.1 Å². The summed E-state index contributed by atoms with van der Waals surface area (Å²) in [6, 6.07) is 2.25. The second kappa shape index (κ2) is 7.78. The van der Waals surface area contributed by atoms with Crippen LogP contribution in [0.25, 0.3) is 0 Å². The van der Waals surface area contributed by atoms with E-state index in [1.165, 1.54) is 0 Å². The second-order valence-electron chi connectivity index (χ2n) is 5.53. The van der Waals surface area contributed by atoms with Gasteiger partial charge in [-0.15, -0.1) is 13.2 Å². The van der Waals surface area contributed by atoms with Gasteiger partial charge in [0.15, 0.2) is 11.6 Å². The van der Waals surface area contributed by atoms with Crippen LogP contribution in [0.5, 0.6) is 5.75 Å². The fraction of sp³-hybridized carbons (Fsp3) is 0.600. The number of aliphatic hydroxyl groups excluding tert-OH is 1. The van der Waals surface area contributed by atoms with Crippen molar-refractivity contribution in [2.75, 3.05) is 6.61 Å². The highest BCUT2D eigenvalue weighted by atomic mass is 19.4. The molecule has 0 spiro atoms. The lowest BCUT2D eigenvalue weighted by molar-refractivity contribution is -0.275. The van der Waals surface area contributed by atoms with Crippen LogP contribution in [0, 0.1) is 5.82 Å². The first-order valence-electron chi connectivity index (χ1n) is 7.08. The summed E-state index contributed by atoms with van der Waals surface area (Å²) >= 11 is 0. The number of aryl methyl sites for hydroxylation is 1. The number of aliphatic hydroxyl groups is 1. The zero-order valence-electron chi connectivity index (χ0n) is 12.6. The maximum atomic E-state index is 14.1. The molecule has 0 amide bonds. The van der Waals surface area contributed by atoms with E-state index in [4.69, 9.17) is 10.8 Å². The number of hydrogen-bond donors (Lipinski definition) is 2. The SMILES string of the molecule is CC(C)c1cc(CCCC(N)CO)cc(OC(F)(F)F)c1F. The summed E-state index contributed by atoms with van der Waals surface area (Å²) in [4.78, 5) is 0. The van der Waals surface area contributed by atoms with Gasteiger partial charge in [0.25, 0.3) is 0 Å². The molecular formula is C15H21F4NO2. The molecule has 1 rings (SSSR count). The zero-order chi connectivity index (χ0) is 16.9. The van der Waals surface area contributed by atoms with Crippen LogP contribution in [0.2, 0.25) is 0 Å². The number of nitrogens with two attached hydrogens (primary N) is 1. The first-order valence-corrected chi connectivity index (χ1v) is 7.08. The molecule has 22 heavy (non-hydrogen) atoms. The molecule has 0 aliphatic rings. The van der Waals surface area contributed by atoms with Crippen LogP contribution in [0.15, 0.2) is 12.1 Å². The molecule has 1 aromatic rings. The lowest BCUT2D eigenvalue weighted by Crippen LogP contribution is -2.24. The Kier molecular flexibility index (Phi) is 6.62. The van der Waals surface area contributed by atoms with Crippen LogP contribution in [-0.2, 0) is 6.42 Å². The van der Waals surface area contributed by atoms with E-state index >= 15 is 0 Å². The van der Waals surface area contributed by atoms with Gasteiger partial charge < -0.3 is 15.6 Å². The van der Waals surface area contributed by atoms with Crippen molar-refractivity contribution in [3.63, 3.8) is 0 Å². The van der Waals surface area contributed by atoms with Gasteiger partial charge in [0, 0.05) is 6.04 Å². The van der Waals surface area contributed by atoms with Crippen LogP contribution in [0.4, 0.5) is 17.6 Å². The average molecular weight is 323 g/mol. The van der Waals surface area contributed by atoms with Crippen molar-refractivity contribution >= 4 is 0 Å². The predicted molar refractivity (Wildman–Crippen MR) is 75.2 cm³/mol. The van der Waals surface area contributed by atoms with Crippen molar-refractivity contribution in [3.05, 3.63) is 29.1 Å². The number of halogens is 4. The molecule has 0 saturated heterocycles. The van der Waals surface area contributed by atoms with Gasteiger partial charge in [0.2, 0.25) is 0 Å². The van der Waals surface area contributed by atoms with Crippen molar-refractivity contribution < 1.29 is 27.4 Å². The molecule has 3 nitrogen and oxygen atoms in total. The highest BCUT2D eigenvalue weighted by Gasteiger charge is 2.33. The van der Waals surface area contributed by atoms with E-state index in [1.54, 1.807) is 19.9 Å². The quantitative estimate of drug-likeness (QED) is 0.755. The number of rotatable bonds is 7. The summed E-state index contributed by atoms with van der Waals surface area (Å²) in [5.41, 5.74) is 6.30. The molecule has 3 N–H and O–H groups in total. The number of alkyl halides is 3. The van der Waals surface area contributed by atoms with Crippen LogP contribution in [0.3, 0.4) is 0 Å². The molecule has 1 aromatic carbocycles. The Bertz CT molecular complexity index is 489. The minimum atomic E-state index is -4.94.